The molecular weight excluding hydrogens is 416 g/mol. The van der Waals surface area contributed by atoms with E-state index >= 15 is 0 Å². The predicted octanol–water partition coefficient (Wildman–Crippen LogP) is 2.76. The first-order valence-electron chi connectivity index (χ1n) is 7.98. The molecule has 1 atom stereocenters. The van der Waals surface area contributed by atoms with Crippen LogP contribution in [0.1, 0.15) is 12.5 Å². The highest BCUT2D eigenvalue weighted by atomic mass is 79.9. The predicted molar refractivity (Wildman–Crippen MR) is 102 cm³/mol. The van der Waals surface area contributed by atoms with Crippen LogP contribution in [-0.4, -0.2) is 29.0 Å². The van der Waals surface area contributed by atoms with E-state index in [1.165, 1.54) is 18.0 Å². The Bertz CT molecular complexity index is 942. The Hall–Kier alpha value is -3.13. The molecule has 1 fully saturated rings. The summed E-state index contributed by atoms with van der Waals surface area (Å²) < 4.78 is 5.84. The minimum atomic E-state index is -1.08. The van der Waals surface area contributed by atoms with E-state index in [2.05, 4.69) is 21.4 Å². The van der Waals surface area contributed by atoms with Gasteiger partial charge in [0.1, 0.15) is 11.3 Å². The van der Waals surface area contributed by atoms with Gasteiger partial charge in [0.15, 0.2) is 6.10 Å². The number of amides is 2. The van der Waals surface area contributed by atoms with Gasteiger partial charge in [-0.3, -0.25) is 15.0 Å². The molecule has 0 saturated carbocycles. The third-order valence-electron chi connectivity index (χ3n) is 3.82. The number of anilines is 1. The molecule has 0 aromatic heterocycles. The summed E-state index contributed by atoms with van der Waals surface area (Å²) in [5.41, 5.74) is 3.68. The van der Waals surface area contributed by atoms with Gasteiger partial charge in [-0.1, -0.05) is 24.3 Å². The van der Waals surface area contributed by atoms with E-state index in [0.29, 0.717) is 21.5 Å². The van der Waals surface area contributed by atoms with Gasteiger partial charge in [0.25, 0.3) is 11.8 Å². The summed E-state index contributed by atoms with van der Waals surface area (Å²) >= 11 is 3.31. The van der Waals surface area contributed by atoms with Crippen molar-refractivity contribution < 1.29 is 24.2 Å². The molecule has 1 aliphatic heterocycles. The highest BCUT2D eigenvalue weighted by Crippen LogP contribution is 2.29. The molecule has 2 amide bonds. The Morgan fingerprint density at radius 1 is 1.22 bits per heavy atom. The van der Waals surface area contributed by atoms with Crippen LogP contribution in [0.25, 0.3) is 6.08 Å². The van der Waals surface area contributed by atoms with Gasteiger partial charge >= 0.3 is 5.97 Å². The number of rotatable bonds is 5. The molecule has 27 heavy (non-hydrogen) atoms. The number of ether oxygens (including phenoxy) is 1. The number of hydrogen-bond donors (Lipinski definition) is 2. The Morgan fingerprint density at radius 2 is 1.93 bits per heavy atom. The summed E-state index contributed by atoms with van der Waals surface area (Å²) in [5.74, 6) is -1.69. The van der Waals surface area contributed by atoms with E-state index in [0.717, 1.165) is 0 Å². The van der Waals surface area contributed by atoms with Crippen molar-refractivity contribution in [1.82, 2.24) is 5.43 Å². The van der Waals surface area contributed by atoms with Crippen molar-refractivity contribution >= 4 is 45.5 Å². The highest BCUT2D eigenvalue weighted by molar-refractivity contribution is 9.10. The van der Waals surface area contributed by atoms with Gasteiger partial charge in [-0.15, -0.1) is 0 Å². The first kappa shape index (κ1) is 18.7. The normalized spacial score (nSPS) is 16.4. The molecule has 138 valence electrons. The number of nitrogens with one attached hydrogen (secondary N) is 1. The first-order chi connectivity index (χ1) is 12.9. The minimum Gasteiger partial charge on any atom is -0.479 e. The van der Waals surface area contributed by atoms with E-state index in [4.69, 9.17) is 9.84 Å². The zero-order chi connectivity index (χ0) is 19.6. The number of carbonyl (C=O) groups excluding carboxylic acids is 2. The van der Waals surface area contributed by atoms with Crippen molar-refractivity contribution in [1.29, 1.82) is 0 Å². The summed E-state index contributed by atoms with van der Waals surface area (Å²) in [6, 6.07) is 13.6. The van der Waals surface area contributed by atoms with Crippen LogP contribution in [0.3, 0.4) is 0 Å². The van der Waals surface area contributed by atoms with Gasteiger partial charge in [-0.05, 0) is 58.8 Å². The lowest BCUT2D eigenvalue weighted by atomic mass is 10.1. The van der Waals surface area contributed by atoms with Crippen molar-refractivity contribution in [2.75, 3.05) is 5.01 Å². The van der Waals surface area contributed by atoms with Crippen LogP contribution in [0.2, 0.25) is 0 Å². The molecule has 8 heteroatoms. The van der Waals surface area contributed by atoms with Crippen LogP contribution in [0.5, 0.6) is 5.75 Å². The number of carboxylic acid groups (broad SMARTS) is 1. The maximum Gasteiger partial charge on any atom is 0.344 e. The number of benzene rings is 2. The standard InChI is InChI=1S/C19H15BrN2O5/c1-11(19(25)26)27-16-8-7-12(10-15(16)20)9-14-17(23)21-22(18(14)24)13-5-3-2-4-6-13/h2-11H,1H3,(H,21,23)(H,25,26)/b14-9-/t11-/m0/s1. The van der Waals surface area contributed by atoms with Crippen LogP contribution in [-0.2, 0) is 14.4 Å². The molecule has 2 aromatic rings. The Labute approximate surface area is 163 Å². The van der Waals surface area contributed by atoms with E-state index in [1.807, 2.05) is 6.07 Å². The van der Waals surface area contributed by atoms with Gasteiger partial charge in [0.05, 0.1) is 10.2 Å². The van der Waals surface area contributed by atoms with Crippen molar-refractivity contribution in [2.45, 2.75) is 13.0 Å². The molecule has 0 bridgehead atoms. The first-order valence-corrected chi connectivity index (χ1v) is 8.77. The molecule has 3 rings (SSSR count). The molecule has 1 aliphatic rings. The van der Waals surface area contributed by atoms with Crippen molar-refractivity contribution in [3.63, 3.8) is 0 Å². The van der Waals surface area contributed by atoms with Gasteiger partial charge in [-0.25, -0.2) is 9.80 Å². The third-order valence-corrected chi connectivity index (χ3v) is 4.44. The average molecular weight is 431 g/mol. The summed E-state index contributed by atoms with van der Waals surface area (Å²) in [6.45, 7) is 1.42. The summed E-state index contributed by atoms with van der Waals surface area (Å²) in [6.07, 6.45) is 0.461. The van der Waals surface area contributed by atoms with Crippen molar-refractivity contribution in [2.24, 2.45) is 0 Å². The maximum atomic E-state index is 12.6. The number of nitrogens with zero attached hydrogens (tertiary/aromatic N) is 1. The fourth-order valence-corrected chi connectivity index (χ4v) is 2.92. The van der Waals surface area contributed by atoms with E-state index in [1.54, 1.807) is 42.5 Å². The number of carbonyl (C=O) groups is 3. The zero-order valence-electron chi connectivity index (χ0n) is 14.2. The second-order valence-electron chi connectivity index (χ2n) is 5.76. The van der Waals surface area contributed by atoms with Gasteiger partial charge in [-0.2, -0.15) is 0 Å². The van der Waals surface area contributed by atoms with Crippen molar-refractivity contribution in [3.05, 3.63) is 64.1 Å². The molecular formula is C19H15BrN2O5. The van der Waals surface area contributed by atoms with E-state index < -0.39 is 23.9 Å². The fraction of sp³-hybridized carbons (Fsp3) is 0.105. The second kappa shape index (κ2) is 7.63. The summed E-state index contributed by atoms with van der Waals surface area (Å²) in [5, 5.41) is 10.1. The Balaban J connectivity index is 1.84. The molecule has 0 unspecified atom stereocenters. The molecule has 7 nitrogen and oxygen atoms in total. The molecule has 2 aromatic carbocycles. The second-order valence-corrected chi connectivity index (χ2v) is 6.62. The molecule has 1 saturated heterocycles. The Morgan fingerprint density at radius 3 is 2.56 bits per heavy atom. The third kappa shape index (κ3) is 4.01. The summed E-state index contributed by atoms with van der Waals surface area (Å²) in [4.78, 5) is 35.7. The highest BCUT2D eigenvalue weighted by Gasteiger charge is 2.34. The lowest BCUT2D eigenvalue weighted by Gasteiger charge is -2.14. The number of halogens is 1. The number of hydrogen-bond acceptors (Lipinski definition) is 4. The molecule has 0 aliphatic carbocycles. The largest absolute Gasteiger partial charge is 0.479 e. The minimum absolute atomic E-state index is 0.00155. The van der Waals surface area contributed by atoms with Crippen molar-refractivity contribution in [3.8, 4) is 5.75 Å². The van der Waals surface area contributed by atoms with Crippen LogP contribution in [0.15, 0.2) is 58.6 Å². The van der Waals surface area contributed by atoms with Crippen LogP contribution in [0, 0.1) is 0 Å². The number of hydrazine groups is 1. The quantitative estimate of drug-likeness (QED) is 0.561. The molecule has 0 radical (unpaired) electrons. The summed E-state index contributed by atoms with van der Waals surface area (Å²) in [7, 11) is 0. The molecule has 1 heterocycles. The van der Waals surface area contributed by atoms with E-state index in [-0.39, 0.29) is 5.57 Å². The smallest absolute Gasteiger partial charge is 0.344 e. The average Bonchev–Trinajstić information content (AvgIpc) is 2.92. The van der Waals surface area contributed by atoms with Crippen LogP contribution >= 0.6 is 15.9 Å². The Kier molecular flexibility index (Phi) is 5.27. The fourth-order valence-electron chi connectivity index (χ4n) is 2.43. The topological polar surface area (TPSA) is 95.9 Å². The number of carboxylic acids is 1. The van der Waals surface area contributed by atoms with Crippen LogP contribution < -0.4 is 15.2 Å². The maximum absolute atomic E-state index is 12.6. The zero-order valence-corrected chi connectivity index (χ0v) is 15.8. The molecule has 0 spiro atoms. The molecule has 2 N–H and O–H groups in total. The van der Waals surface area contributed by atoms with E-state index in [9.17, 15) is 14.4 Å². The van der Waals surface area contributed by atoms with Gasteiger partial charge in [0.2, 0.25) is 0 Å². The van der Waals surface area contributed by atoms with Gasteiger partial charge in [0, 0.05) is 0 Å². The monoisotopic (exact) mass is 430 g/mol. The number of aliphatic carboxylic acids is 1. The number of para-hydroxylation sites is 1. The lowest BCUT2D eigenvalue weighted by Crippen LogP contribution is -2.35. The lowest BCUT2D eigenvalue weighted by molar-refractivity contribution is -0.144. The van der Waals surface area contributed by atoms with Gasteiger partial charge < -0.3 is 9.84 Å². The SMILES string of the molecule is C[C@H](Oc1ccc(/C=C2/C(=O)NN(c3ccccc3)C2=O)cc1Br)C(=O)O. The van der Waals surface area contributed by atoms with Crippen LogP contribution in [0.4, 0.5) is 5.69 Å².